The Bertz CT molecular complexity index is 445. The van der Waals surface area contributed by atoms with E-state index in [0.717, 1.165) is 18.1 Å². The lowest BCUT2D eigenvalue weighted by atomic mass is 9.97. The van der Waals surface area contributed by atoms with Gasteiger partial charge in [-0.25, -0.2) is 0 Å². The molecule has 1 aromatic rings. The minimum absolute atomic E-state index is 0.181. The largest absolute Gasteiger partial charge is 0.465 e. The molecule has 0 N–H and O–H groups in total. The zero-order valence-corrected chi connectivity index (χ0v) is 13.0. The Labute approximate surface area is 117 Å². The van der Waals surface area contributed by atoms with Crippen LogP contribution in [-0.4, -0.2) is 11.9 Å². The third-order valence-electron chi connectivity index (χ3n) is 3.82. The van der Waals surface area contributed by atoms with Crippen LogP contribution in [0.1, 0.15) is 58.6 Å². The summed E-state index contributed by atoms with van der Waals surface area (Å²) >= 11 is 0. The number of rotatable bonds is 3. The molecule has 106 valence electrons. The van der Waals surface area contributed by atoms with E-state index >= 15 is 0 Å². The summed E-state index contributed by atoms with van der Waals surface area (Å²) in [6.45, 7) is 12.7. The van der Waals surface area contributed by atoms with Crippen LogP contribution in [0.2, 0.25) is 0 Å². The summed E-state index contributed by atoms with van der Waals surface area (Å²) in [6, 6.07) is 6.45. The molecule has 0 aromatic heterocycles. The maximum atomic E-state index is 5.86. The fourth-order valence-electron chi connectivity index (χ4n) is 2.82. The van der Waals surface area contributed by atoms with Gasteiger partial charge >= 0.3 is 0 Å². The molecule has 0 bridgehead atoms. The van der Waals surface area contributed by atoms with Crippen LogP contribution in [0.3, 0.4) is 0 Å². The molecule has 2 heteroatoms. The lowest BCUT2D eigenvalue weighted by molar-refractivity contribution is -0.140. The lowest BCUT2D eigenvalue weighted by Crippen LogP contribution is -2.29. The highest BCUT2D eigenvalue weighted by molar-refractivity contribution is 5.41. The van der Waals surface area contributed by atoms with Crippen molar-refractivity contribution in [2.45, 2.75) is 65.8 Å². The van der Waals surface area contributed by atoms with Gasteiger partial charge in [0, 0.05) is 0 Å². The molecule has 2 nitrogen and oxygen atoms in total. The lowest BCUT2D eigenvalue weighted by Gasteiger charge is -2.25. The second-order valence-corrected chi connectivity index (χ2v) is 6.75. The van der Waals surface area contributed by atoms with E-state index in [1.165, 1.54) is 11.1 Å². The summed E-state index contributed by atoms with van der Waals surface area (Å²) in [7, 11) is 0. The van der Waals surface area contributed by atoms with Crippen LogP contribution in [-0.2, 0) is 11.2 Å². The normalized spacial score (nSPS) is 24.1. The van der Waals surface area contributed by atoms with E-state index in [9.17, 15) is 0 Å². The van der Waals surface area contributed by atoms with Gasteiger partial charge in [0.25, 0.3) is 0 Å². The standard InChI is InChI=1S/C17H26O2/c1-11-9-14-10-15(7-8-16(14)12(11)2)18-13(3)19-17(4,5)6/h7-8,10-13H,9H2,1-6H3. The molecule has 0 spiro atoms. The molecule has 19 heavy (non-hydrogen) atoms. The van der Waals surface area contributed by atoms with Crippen molar-refractivity contribution in [3.05, 3.63) is 29.3 Å². The molecule has 1 aliphatic carbocycles. The first-order valence-electron chi connectivity index (χ1n) is 7.23. The Morgan fingerprint density at radius 3 is 2.53 bits per heavy atom. The Balaban J connectivity index is 2.06. The predicted molar refractivity (Wildman–Crippen MR) is 78.7 cm³/mol. The number of hydrogen-bond acceptors (Lipinski definition) is 2. The van der Waals surface area contributed by atoms with Gasteiger partial charge < -0.3 is 9.47 Å². The van der Waals surface area contributed by atoms with Crippen molar-refractivity contribution in [3.63, 3.8) is 0 Å². The monoisotopic (exact) mass is 262 g/mol. The van der Waals surface area contributed by atoms with Crippen molar-refractivity contribution < 1.29 is 9.47 Å². The molecule has 0 radical (unpaired) electrons. The Morgan fingerprint density at radius 1 is 1.21 bits per heavy atom. The highest BCUT2D eigenvalue weighted by Crippen LogP contribution is 2.38. The number of ether oxygens (including phenoxy) is 2. The maximum absolute atomic E-state index is 5.86. The first-order valence-corrected chi connectivity index (χ1v) is 7.23. The molecule has 0 aliphatic heterocycles. The zero-order valence-electron chi connectivity index (χ0n) is 13.0. The van der Waals surface area contributed by atoms with Crippen LogP contribution in [0, 0.1) is 5.92 Å². The Kier molecular flexibility index (Phi) is 3.91. The van der Waals surface area contributed by atoms with Gasteiger partial charge in [-0.05, 0) is 69.2 Å². The molecule has 0 amide bonds. The summed E-state index contributed by atoms with van der Waals surface area (Å²) in [6.07, 6.45) is 0.927. The molecule has 0 saturated heterocycles. The summed E-state index contributed by atoms with van der Waals surface area (Å²) in [4.78, 5) is 0. The molecule has 1 aliphatic rings. The fourth-order valence-corrected chi connectivity index (χ4v) is 2.82. The average molecular weight is 262 g/mol. The third kappa shape index (κ3) is 3.50. The minimum atomic E-state index is -0.228. The van der Waals surface area contributed by atoms with Crippen LogP contribution >= 0.6 is 0 Å². The van der Waals surface area contributed by atoms with E-state index in [0.29, 0.717) is 5.92 Å². The average Bonchev–Trinajstić information content (AvgIpc) is 2.51. The molecule has 2 rings (SSSR count). The highest BCUT2D eigenvalue weighted by atomic mass is 16.7. The first kappa shape index (κ1) is 14.4. The van der Waals surface area contributed by atoms with E-state index in [-0.39, 0.29) is 11.9 Å². The summed E-state index contributed by atoms with van der Waals surface area (Å²) in [5.41, 5.74) is 2.73. The maximum Gasteiger partial charge on any atom is 0.197 e. The van der Waals surface area contributed by atoms with Crippen LogP contribution in [0.5, 0.6) is 5.75 Å². The van der Waals surface area contributed by atoms with Crippen molar-refractivity contribution in [2.24, 2.45) is 5.92 Å². The van der Waals surface area contributed by atoms with Gasteiger partial charge in [0.1, 0.15) is 5.75 Å². The molecule has 0 heterocycles. The molecular formula is C17H26O2. The molecule has 1 aromatic carbocycles. The fraction of sp³-hybridized carbons (Fsp3) is 0.647. The second kappa shape index (κ2) is 5.16. The molecular weight excluding hydrogens is 236 g/mol. The van der Waals surface area contributed by atoms with Gasteiger partial charge in [0.05, 0.1) is 5.60 Å². The zero-order chi connectivity index (χ0) is 14.2. The molecule has 3 atom stereocenters. The van der Waals surface area contributed by atoms with Crippen molar-refractivity contribution >= 4 is 0 Å². The van der Waals surface area contributed by atoms with Gasteiger partial charge in [-0.2, -0.15) is 0 Å². The third-order valence-corrected chi connectivity index (χ3v) is 3.82. The van der Waals surface area contributed by atoms with Crippen LogP contribution in [0.15, 0.2) is 18.2 Å². The summed E-state index contributed by atoms with van der Waals surface area (Å²) < 4.78 is 11.6. The van der Waals surface area contributed by atoms with Crippen molar-refractivity contribution in [2.75, 3.05) is 0 Å². The van der Waals surface area contributed by atoms with Crippen molar-refractivity contribution in [1.82, 2.24) is 0 Å². The van der Waals surface area contributed by atoms with Crippen molar-refractivity contribution in [1.29, 1.82) is 0 Å². The molecule has 3 unspecified atom stereocenters. The van der Waals surface area contributed by atoms with Gasteiger partial charge in [-0.3, -0.25) is 0 Å². The Hall–Kier alpha value is -1.02. The predicted octanol–water partition coefficient (Wildman–Crippen LogP) is 4.52. The van der Waals surface area contributed by atoms with Gasteiger partial charge in [-0.1, -0.05) is 19.9 Å². The molecule has 0 saturated carbocycles. The number of benzene rings is 1. The van der Waals surface area contributed by atoms with Crippen LogP contribution in [0.4, 0.5) is 0 Å². The number of fused-ring (bicyclic) bond motifs is 1. The highest BCUT2D eigenvalue weighted by Gasteiger charge is 2.26. The number of hydrogen-bond donors (Lipinski definition) is 0. The SMILES string of the molecule is CC(Oc1ccc2c(c1)CC(C)C2C)OC(C)(C)C. The van der Waals surface area contributed by atoms with Gasteiger partial charge in [-0.15, -0.1) is 0 Å². The Morgan fingerprint density at radius 2 is 1.89 bits per heavy atom. The van der Waals surface area contributed by atoms with Crippen molar-refractivity contribution in [3.8, 4) is 5.75 Å². The van der Waals surface area contributed by atoms with Crippen LogP contribution < -0.4 is 4.74 Å². The second-order valence-electron chi connectivity index (χ2n) is 6.75. The molecule has 0 fully saturated rings. The van der Waals surface area contributed by atoms with E-state index in [4.69, 9.17) is 9.47 Å². The van der Waals surface area contributed by atoms with E-state index in [2.05, 4.69) is 32.0 Å². The first-order chi connectivity index (χ1) is 8.76. The quantitative estimate of drug-likeness (QED) is 0.745. The smallest absolute Gasteiger partial charge is 0.197 e. The van der Waals surface area contributed by atoms with E-state index < -0.39 is 0 Å². The van der Waals surface area contributed by atoms with Gasteiger partial charge in [0.2, 0.25) is 0 Å². The van der Waals surface area contributed by atoms with Gasteiger partial charge in [0.15, 0.2) is 6.29 Å². The summed E-state index contributed by atoms with van der Waals surface area (Å²) in [5, 5.41) is 0. The summed E-state index contributed by atoms with van der Waals surface area (Å²) in [5.74, 6) is 2.30. The minimum Gasteiger partial charge on any atom is -0.465 e. The van der Waals surface area contributed by atoms with Crippen LogP contribution in [0.25, 0.3) is 0 Å². The van der Waals surface area contributed by atoms with E-state index in [1.807, 2.05) is 27.7 Å². The van der Waals surface area contributed by atoms with E-state index in [1.54, 1.807) is 0 Å². The topological polar surface area (TPSA) is 18.5 Å².